The van der Waals surface area contributed by atoms with Crippen LogP contribution in [0.4, 0.5) is 0 Å². The first-order valence-corrected chi connectivity index (χ1v) is 6.73. The Morgan fingerprint density at radius 3 is 2.27 bits per heavy atom. The summed E-state index contributed by atoms with van der Waals surface area (Å²) in [7, 11) is 0. The molecule has 1 aromatic rings. The lowest BCUT2D eigenvalue weighted by molar-refractivity contribution is -0.157. The molecule has 106 valence electrons. The topological polar surface area (TPSA) is 85.0 Å². The van der Waals surface area contributed by atoms with Crippen molar-refractivity contribution in [3.05, 3.63) is 59.7 Å². The fourth-order valence-electron chi connectivity index (χ4n) is 2.79. The van der Waals surface area contributed by atoms with Crippen molar-refractivity contribution in [3.8, 4) is 12.1 Å². The molecule has 1 atom stereocenters. The molecule has 5 heteroatoms. The maximum atomic E-state index is 12.2. The third kappa shape index (κ3) is 1.92. The summed E-state index contributed by atoms with van der Waals surface area (Å²) >= 11 is 0. The van der Waals surface area contributed by atoms with Crippen LogP contribution in [0, 0.1) is 28.6 Å². The minimum absolute atomic E-state index is 0.153. The molecule has 2 aliphatic rings. The number of hydrogen-bond donors (Lipinski definition) is 0. The van der Waals surface area contributed by atoms with Crippen LogP contribution in [-0.2, 0) is 16.1 Å². The molecule has 0 saturated carbocycles. The SMILES string of the molecule is N#Cc1ccc(CN2C(=O)C(C#N)C23C=CC(=O)C=C3)cc1. The average Bonchev–Trinajstić information content (AvgIpc) is 2.55. The zero-order chi connectivity index (χ0) is 15.7. The van der Waals surface area contributed by atoms with Crippen LogP contribution in [0.3, 0.4) is 0 Å². The third-order valence-electron chi connectivity index (χ3n) is 4.02. The monoisotopic (exact) mass is 289 g/mol. The van der Waals surface area contributed by atoms with E-state index >= 15 is 0 Å². The first-order chi connectivity index (χ1) is 10.6. The predicted octanol–water partition coefficient (Wildman–Crippen LogP) is 1.47. The molecule has 1 heterocycles. The molecule has 3 rings (SSSR count). The van der Waals surface area contributed by atoms with Crippen LogP contribution < -0.4 is 0 Å². The first-order valence-electron chi connectivity index (χ1n) is 6.73. The van der Waals surface area contributed by atoms with E-state index in [2.05, 4.69) is 0 Å². The lowest BCUT2D eigenvalue weighted by Crippen LogP contribution is -2.68. The Bertz CT molecular complexity index is 775. The van der Waals surface area contributed by atoms with Gasteiger partial charge in [-0.25, -0.2) is 0 Å². The molecule has 1 aromatic carbocycles. The van der Waals surface area contributed by atoms with Gasteiger partial charge in [-0.2, -0.15) is 10.5 Å². The number of benzene rings is 1. The molecule has 0 aromatic heterocycles. The van der Waals surface area contributed by atoms with Crippen molar-refractivity contribution >= 4 is 11.7 Å². The molecule has 1 aliphatic carbocycles. The van der Waals surface area contributed by atoms with Gasteiger partial charge in [0, 0.05) is 6.54 Å². The number of hydrogen-bond acceptors (Lipinski definition) is 4. The van der Waals surface area contributed by atoms with Gasteiger partial charge in [-0.15, -0.1) is 0 Å². The second-order valence-electron chi connectivity index (χ2n) is 5.25. The number of nitrogens with zero attached hydrogens (tertiary/aromatic N) is 3. The van der Waals surface area contributed by atoms with E-state index in [0.717, 1.165) is 5.56 Å². The highest BCUT2D eigenvalue weighted by atomic mass is 16.2. The molecule has 0 radical (unpaired) electrons. The Balaban J connectivity index is 1.89. The molecule has 1 saturated heterocycles. The van der Waals surface area contributed by atoms with Gasteiger partial charge >= 0.3 is 0 Å². The minimum Gasteiger partial charge on any atom is -0.323 e. The van der Waals surface area contributed by atoms with Gasteiger partial charge in [0.05, 0.1) is 17.7 Å². The molecular weight excluding hydrogens is 278 g/mol. The van der Waals surface area contributed by atoms with Gasteiger partial charge in [0.25, 0.3) is 0 Å². The van der Waals surface area contributed by atoms with Crippen LogP contribution in [0.2, 0.25) is 0 Å². The van der Waals surface area contributed by atoms with Crippen molar-refractivity contribution in [3.63, 3.8) is 0 Å². The van der Waals surface area contributed by atoms with Gasteiger partial charge in [-0.1, -0.05) is 12.1 Å². The summed E-state index contributed by atoms with van der Waals surface area (Å²) in [6.07, 6.45) is 6.02. The van der Waals surface area contributed by atoms with Gasteiger partial charge in [0.2, 0.25) is 5.91 Å². The zero-order valence-electron chi connectivity index (χ0n) is 11.6. The maximum Gasteiger partial charge on any atom is 0.244 e. The van der Waals surface area contributed by atoms with E-state index in [4.69, 9.17) is 5.26 Å². The fourth-order valence-corrected chi connectivity index (χ4v) is 2.79. The molecule has 22 heavy (non-hydrogen) atoms. The number of nitriles is 2. The number of amides is 1. The molecule has 5 nitrogen and oxygen atoms in total. The van der Waals surface area contributed by atoms with Gasteiger partial charge in [0.1, 0.15) is 5.54 Å². The highest BCUT2D eigenvalue weighted by Crippen LogP contribution is 2.42. The molecule has 1 spiro atoms. The van der Waals surface area contributed by atoms with Gasteiger partial charge in [0.15, 0.2) is 11.7 Å². The number of likely N-dealkylation sites (tertiary alicyclic amines) is 1. The quantitative estimate of drug-likeness (QED) is 0.772. The lowest BCUT2D eigenvalue weighted by Gasteiger charge is -2.52. The van der Waals surface area contributed by atoms with Crippen LogP contribution in [-0.4, -0.2) is 22.1 Å². The van der Waals surface area contributed by atoms with Gasteiger partial charge in [-0.3, -0.25) is 9.59 Å². The van der Waals surface area contributed by atoms with Crippen molar-refractivity contribution in [2.24, 2.45) is 5.92 Å². The van der Waals surface area contributed by atoms with Crippen molar-refractivity contribution in [1.82, 2.24) is 4.90 Å². The number of carbonyl (C=O) groups excluding carboxylic acids is 2. The number of carbonyl (C=O) groups is 2. The van der Waals surface area contributed by atoms with Crippen molar-refractivity contribution in [1.29, 1.82) is 10.5 Å². The Morgan fingerprint density at radius 1 is 1.09 bits per heavy atom. The van der Waals surface area contributed by atoms with Crippen molar-refractivity contribution in [2.45, 2.75) is 12.1 Å². The Morgan fingerprint density at radius 2 is 1.73 bits per heavy atom. The molecule has 1 fully saturated rings. The second-order valence-corrected chi connectivity index (χ2v) is 5.25. The van der Waals surface area contributed by atoms with Crippen LogP contribution in [0.5, 0.6) is 0 Å². The van der Waals surface area contributed by atoms with E-state index in [1.807, 2.05) is 12.1 Å². The van der Waals surface area contributed by atoms with Crippen molar-refractivity contribution < 1.29 is 9.59 Å². The number of β-lactam (4-membered cyclic amide) rings is 1. The summed E-state index contributed by atoms with van der Waals surface area (Å²) in [6, 6.07) is 11.0. The zero-order valence-corrected chi connectivity index (χ0v) is 11.6. The summed E-state index contributed by atoms with van der Waals surface area (Å²) in [5.74, 6) is -1.21. The predicted molar refractivity (Wildman–Crippen MR) is 76.8 cm³/mol. The van der Waals surface area contributed by atoms with E-state index in [9.17, 15) is 14.9 Å². The summed E-state index contributed by atoms with van der Waals surface area (Å²) in [6.45, 7) is 0.325. The molecule has 0 N–H and O–H groups in total. The number of allylic oxidation sites excluding steroid dienone is 2. The lowest BCUT2D eigenvalue weighted by atomic mass is 9.71. The molecule has 1 amide bonds. The molecular formula is C17H11N3O2. The molecule has 0 bridgehead atoms. The maximum absolute atomic E-state index is 12.2. The summed E-state index contributed by atoms with van der Waals surface area (Å²) in [5.41, 5.74) is 0.571. The van der Waals surface area contributed by atoms with Crippen molar-refractivity contribution in [2.75, 3.05) is 0 Å². The first kappa shape index (κ1) is 13.8. The van der Waals surface area contributed by atoms with E-state index in [0.29, 0.717) is 12.1 Å². The van der Waals surface area contributed by atoms with Crippen LogP contribution >= 0.6 is 0 Å². The Hall–Kier alpha value is -3.18. The Labute approximate surface area is 127 Å². The third-order valence-corrected chi connectivity index (χ3v) is 4.02. The number of ketones is 1. The van der Waals surface area contributed by atoms with E-state index in [-0.39, 0.29) is 11.7 Å². The second kappa shape index (κ2) is 4.98. The van der Waals surface area contributed by atoms with E-state index in [1.54, 1.807) is 41.3 Å². The van der Waals surface area contributed by atoms with Crippen LogP contribution in [0.1, 0.15) is 11.1 Å². The van der Waals surface area contributed by atoms with E-state index in [1.165, 1.54) is 12.2 Å². The summed E-state index contributed by atoms with van der Waals surface area (Å²) in [4.78, 5) is 25.1. The fraction of sp³-hybridized carbons (Fsp3) is 0.176. The standard InChI is InChI=1S/C17H11N3O2/c18-9-12-1-3-13(4-2-12)11-20-16(22)15(10-19)17(20)7-5-14(21)6-8-17/h1-8,15H,11H2. The van der Waals surface area contributed by atoms with Crippen LogP contribution in [0.15, 0.2) is 48.6 Å². The molecule has 1 aliphatic heterocycles. The number of rotatable bonds is 2. The highest BCUT2D eigenvalue weighted by Gasteiger charge is 2.58. The van der Waals surface area contributed by atoms with Gasteiger partial charge in [-0.05, 0) is 42.0 Å². The van der Waals surface area contributed by atoms with Gasteiger partial charge < -0.3 is 4.90 Å². The summed E-state index contributed by atoms with van der Waals surface area (Å²) < 4.78 is 0. The van der Waals surface area contributed by atoms with E-state index < -0.39 is 11.5 Å². The average molecular weight is 289 g/mol. The normalized spacial score (nSPS) is 21.4. The minimum atomic E-state index is -0.840. The highest BCUT2D eigenvalue weighted by molar-refractivity contribution is 6.03. The smallest absolute Gasteiger partial charge is 0.244 e. The summed E-state index contributed by atoms with van der Waals surface area (Å²) in [5, 5.41) is 18.0. The largest absolute Gasteiger partial charge is 0.323 e. The van der Waals surface area contributed by atoms with Crippen LogP contribution in [0.25, 0.3) is 0 Å². The Kier molecular flexibility index (Phi) is 3.12. The molecule has 1 unspecified atom stereocenters.